The predicted molar refractivity (Wildman–Crippen MR) is 98.4 cm³/mol. The lowest BCUT2D eigenvalue weighted by molar-refractivity contribution is -0.385. The van der Waals surface area contributed by atoms with Gasteiger partial charge in [-0.3, -0.25) is 14.3 Å². The van der Waals surface area contributed by atoms with Crippen molar-refractivity contribution in [2.45, 2.75) is 17.6 Å². The molecule has 0 aromatic heterocycles. The third-order valence-electron chi connectivity index (χ3n) is 3.65. The van der Waals surface area contributed by atoms with E-state index in [0.717, 1.165) is 23.4 Å². The van der Waals surface area contributed by atoms with Gasteiger partial charge in [0, 0.05) is 46.9 Å². The summed E-state index contributed by atoms with van der Waals surface area (Å²) in [6.07, 6.45) is 2.61. The van der Waals surface area contributed by atoms with E-state index in [4.69, 9.17) is 0 Å². The van der Waals surface area contributed by atoms with Gasteiger partial charge in [-0.2, -0.15) is 0 Å². The van der Waals surface area contributed by atoms with Crippen molar-refractivity contribution in [3.8, 4) is 0 Å². The van der Waals surface area contributed by atoms with E-state index in [9.17, 15) is 22.7 Å². The number of nitrogens with one attached hydrogen (secondary N) is 1. The molecule has 0 amide bonds. The minimum absolute atomic E-state index is 0.148. The molecule has 2 aromatic rings. The fraction of sp³-hybridized carbons (Fsp3) is 0.250. The Bertz CT molecular complexity index is 955. The zero-order valence-corrected chi connectivity index (χ0v) is 15.6. The van der Waals surface area contributed by atoms with Crippen molar-refractivity contribution in [3.63, 3.8) is 0 Å². The maximum Gasteiger partial charge on any atom is 0.270 e. The molecule has 1 atom stereocenters. The van der Waals surface area contributed by atoms with Crippen LogP contribution >= 0.6 is 0 Å². The van der Waals surface area contributed by atoms with Gasteiger partial charge < -0.3 is 5.32 Å². The van der Waals surface area contributed by atoms with Gasteiger partial charge >= 0.3 is 0 Å². The molecule has 2 aromatic carbocycles. The van der Waals surface area contributed by atoms with Gasteiger partial charge in [0.2, 0.25) is 0 Å². The van der Waals surface area contributed by atoms with Crippen molar-refractivity contribution < 1.29 is 17.6 Å². The average Bonchev–Trinajstić information content (AvgIpc) is 2.50. The highest BCUT2D eigenvalue weighted by molar-refractivity contribution is 7.90. The molecule has 2 rings (SSSR count). The molecule has 25 heavy (non-hydrogen) atoms. The van der Waals surface area contributed by atoms with E-state index in [1.807, 2.05) is 13.0 Å². The van der Waals surface area contributed by atoms with Crippen LogP contribution in [0.2, 0.25) is 0 Å². The Morgan fingerprint density at radius 3 is 2.44 bits per heavy atom. The van der Waals surface area contributed by atoms with Gasteiger partial charge in [0.05, 0.1) is 15.5 Å². The van der Waals surface area contributed by atoms with Gasteiger partial charge in [-0.05, 0) is 30.2 Å². The number of hydrogen-bond acceptors (Lipinski definition) is 6. The van der Waals surface area contributed by atoms with E-state index in [1.54, 1.807) is 18.4 Å². The summed E-state index contributed by atoms with van der Waals surface area (Å²) in [6.45, 7) is 1.84. The summed E-state index contributed by atoms with van der Waals surface area (Å²) in [6, 6.07) is 9.07. The summed E-state index contributed by atoms with van der Waals surface area (Å²) in [5, 5.41) is 13.9. The normalized spacial score (nSPS) is 12.6. The Morgan fingerprint density at radius 2 is 1.88 bits per heavy atom. The first kappa shape index (κ1) is 19.1. The molecule has 0 saturated heterocycles. The number of rotatable bonds is 6. The van der Waals surface area contributed by atoms with Crippen molar-refractivity contribution in [1.82, 2.24) is 0 Å². The van der Waals surface area contributed by atoms with Crippen molar-refractivity contribution >= 4 is 37.7 Å². The molecule has 134 valence electrons. The Hall–Kier alpha value is -2.26. The number of nitro benzene ring substituents is 1. The SMILES string of the molecule is Cc1c(CS(C)=O)cccc1Nc1ccc([N+](=O)[O-])cc1S(C)(=O)=O. The fourth-order valence-corrected chi connectivity index (χ4v) is 3.98. The molecule has 1 unspecified atom stereocenters. The largest absolute Gasteiger partial charge is 0.354 e. The van der Waals surface area contributed by atoms with Crippen molar-refractivity contribution in [1.29, 1.82) is 0 Å². The molecule has 0 radical (unpaired) electrons. The summed E-state index contributed by atoms with van der Waals surface area (Å²) in [5.41, 5.74) is 2.34. The molecule has 0 spiro atoms. The first-order chi connectivity index (χ1) is 11.6. The van der Waals surface area contributed by atoms with Crippen LogP contribution in [0.25, 0.3) is 0 Å². The maximum atomic E-state index is 12.0. The van der Waals surface area contributed by atoms with Crippen molar-refractivity contribution in [3.05, 3.63) is 57.6 Å². The Morgan fingerprint density at radius 1 is 1.20 bits per heavy atom. The van der Waals surface area contributed by atoms with Crippen LogP contribution in [0.15, 0.2) is 41.3 Å². The molecule has 1 N–H and O–H groups in total. The van der Waals surface area contributed by atoms with Crippen molar-refractivity contribution in [2.24, 2.45) is 0 Å². The molecule has 9 heteroatoms. The molecule has 0 aliphatic carbocycles. The van der Waals surface area contributed by atoms with E-state index < -0.39 is 25.6 Å². The highest BCUT2D eigenvalue weighted by Gasteiger charge is 2.19. The number of hydrogen-bond donors (Lipinski definition) is 1. The molecule has 0 saturated carbocycles. The smallest absolute Gasteiger partial charge is 0.270 e. The van der Waals surface area contributed by atoms with E-state index in [-0.39, 0.29) is 16.3 Å². The second-order valence-corrected chi connectivity index (χ2v) is 9.06. The lowest BCUT2D eigenvalue weighted by Crippen LogP contribution is -2.05. The number of non-ortho nitro benzene ring substituents is 1. The Kier molecular flexibility index (Phi) is 5.58. The number of nitro groups is 1. The van der Waals surface area contributed by atoms with E-state index in [2.05, 4.69) is 5.32 Å². The van der Waals surface area contributed by atoms with Gasteiger partial charge in [-0.25, -0.2) is 8.42 Å². The van der Waals surface area contributed by atoms with Gasteiger partial charge in [0.25, 0.3) is 5.69 Å². The summed E-state index contributed by atoms with van der Waals surface area (Å²) in [4.78, 5) is 10.1. The van der Waals surface area contributed by atoms with E-state index in [0.29, 0.717) is 11.4 Å². The van der Waals surface area contributed by atoms with Gasteiger partial charge in [-0.15, -0.1) is 0 Å². The molecule has 0 aliphatic rings. The summed E-state index contributed by atoms with van der Waals surface area (Å²) in [5.74, 6) is 0.389. The molecular formula is C16H18N2O5S2. The van der Waals surface area contributed by atoms with Crippen LogP contribution in [0.3, 0.4) is 0 Å². The quantitative estimate of drug-likeness (QED) is 0.608. The first-order valence-corrected chi connectivity index (χ1v) is 10.9. The Labute approximate surface area is 148 Å². The van der Waals surface area contributed by atoms with Crippen LogP contribution in [0.4, 0.5) is 17.1 Å². The number of nitrogens with zero attached hydrogens (tertiary/aromatic N) is 1. The lowest BCUT2D eigenvalue weighted by Gasteiger charge is -2.15. The number of sulfone groups is 1. The van der Waals surface area contributed by atoms with Gasteiger partial charge in [0.1, 0.15) is 0 Å². The first-order valence-electron chi connectivity index (χ1n) is 7.23. The van der Waals surface area contributed by atoms with Crippen LogP contribution < -0.4 is 5.32 Å². The minimum atomic E-state index is -3.67. The van der Waals surface area contributed by atoms with Gasteiger partial charge in [-0.1, -0.05) is 12.1 Å². The monoisotopic (exact) mass is 382 g/mol. The molecule has 0 heterocycles. The third kappa shape index (κ3) is 4.64. The molecule has 0 aliphatic heterocycles. The number of anilines is 2. The average molecular weight is 382 g/mol. The van der Waals surface area contributed by atoms with E-state index >= 15 is 0 Å². The standard InChI is InChI=1S/C16H18N2O5S2/c1-11-12(10-24(2)21)5-4-6-14(11)17-15-8-7-13(18(19)20)9-16(15)25(3,22)23/h4-9,17H,10H2,1-3H3. The van der Waals surface area contributed by atoms with Crippen LogP contribution in [0.1, 0.15) is 11.1 Å². The minimum Gasteiger partial charge on any atom is -0.354 e. The van der Waals surface area contributed by atoms with Crippen LogP contribution in [-0.2, 0) is 26.4 Å². The van der Waals surface area contributed by atoms with E-state index in [1.165, 1.54) is 12.1 Å². The highest BCUT2D eigenvalue weighted by atomic mass is 32.2. The highest BCUT2D eigenvalue weighted by Crippen LogP contribution is 2.31. The number of benzene rings is 2. The summed E-state index contributed by atoms with van der Waals surface area (Å²) < 4.78 is 35.5. The summed E-state index contributed by atoms with van der Waals surface area (Å²) in [7, 11) is -4.67. The predicted octanol–water partition coefficient (Wildman–Crippen LogP) is 2.93. The molecule has 0 bridgehead atoms. The van der Waals surface area contributed by atoms with Crippen LogP contribution in [0, 0.1) is 17.0 Å². The van der Waals surface area contributed by atoms with Crippen LogP contribution in [0.5, 0.6) is 0 Å². The second-order valence-electron chi connectivity index (χ2n) is 5.64. The zero-order valence-electron chi connectivity index (χ0n) is 14.0. The topological polar surface area (TPSA) is 106 Å². The van der Waals surface area contributed by atoms with Crippen LogP contribution in [-0.4, -0.2) is 30.1 Å². The van der Waals surface area contributed by atoms with Crippen molar-refractivity contribution in [2.75, 3.05) is 17.8 Å². The van der Waals surface area contributed by atoms with Gasteiger partial charge in [0.15, 0.2) is 9.84 Å². The second kappa shape index (κ2) is 7.32. The molecule has 7 nitrogen and oxygen atoms in total. The third-order valence-corrected chi connectivity index (χ3v) is 5.50. The fourth-order valence-electron chi connectivity index (χ4n) is 2.37. The lowest BCUT2D eigenvalue weighted by atomic mass is 10.1. The summed E-state index contributed by atoms with van der Waals surface area (Å²) >= 11 is 0. The maximum absolute atomic E-state index is 12.0. The molecular weight excluding hydrogens is 364 g/mol. The molecule has 0 fully saturated rings. The zero-order chi connectivity index (χ0) is 18.8. The Balaban J connectivity index is 2.51.